The number of halogens is 1. The molecule has 1 aliphatic heterocycles. The zero-order chi connectivity index (χ0) is 13.2. The van der Waals surface area contributed by atoms with Gasteiger partial charge in [-0.15, -0.1) is 0 Å². The molecule has 0 bridgehead atoms. The summed E-state index contributed by atoms with van der Waals surface area (Å²) in [5, 5.41) is 3.91. The van der Waals surface area contributed by atoms with Gasteiger partial charge in [-0.2, -0.15) is 0 Å². The van der Waals surface area contributed by atoms with Crippen LogP contribution in [0.5, 0.6) is 0 Å². The molecule has 2 aromatic rings. The van der Waals surface area contributed by atoms with Crippen molar-refractivity contribution in [2.24, 2.45) is 4.99 Å². The minimum atomic E-state index is 0.477. The lowest BCUT2D eigenvalue weighted by molar-refractivity contribution is 1.31. The van der Waals surface area contributed by atoms with Gasteiger partial charge in [-0.05, 0) is 12.1 Å². The third kappa shape index (κ3) is 2.39. The molecule has 1 N–H and O–H groups in total. The molecule has 0 saturated heterocycles. The smallest absolute Gasteiger partial charge is 0.102 e. The molecule has 3 rings (SSSR count). The van der Waals surface area contributed by atoms with Gasteiger partial charge in [0.15, 0.2) is 0 Å². The molecular formula is C15H11ClN2S. The molecular weight excluding hydrogens is 276 g/mol. The Labute approximate surface area is 122 Å². The van der Waals surface area contributed by atoms with Crippen molar-refractivity contribution in [3.8, 4) is 0 Å². The third-order valence-electron chi connectivity index (χ3n) is 2.97. The second-order valence-corrected chi connectivity index (χ2v) is 5.14. The molecule has 1 heterocycles. The van der Waals surface area contributed by atoms with E-state index in [1.807, 2.05) is 48.5 Å². The number of nitrogens with one attached hydrogen (secondary N) is 1. The lowest BCUT2D eigenvalue weighted by Crippen LogP contribution is -2.10. The summed E-state index contributed by atoms with van der Waals surface area (Å²) in [5.74, 6) is 0. The van der Waals surface area contributed by atoms with Crippen molar-refractivity contribution >= 4 is 40.2 Å². The van der Waals surface area contributed by atoms with Gasteiger partial charge in [0.1, 0.15) is 4.99 Å². The van der Waals surface area contributed by atoms with Crippen LogP contribution in [0.15, 0.2) is 53.5 Å². The average Bonchev–Trinajstić information content (AvgIpc) is 2.58. The van der Waals surface area contributed by atoms with E-state index in [4.69, 9.17) is 23.8 Å². The fourth-order valence-electron chi connectivity index (χ4n) is 2.11. The fraction of sp³-hybridized carbons (Fsp3) is 0.0667. The molecule has 0 spiro atoms. The SMILES string of the molecule is S=C1CN=C(c2ccccc2Cl)c2ccccc2N1. The Bertz CT molecular complexity index is 679. The first-order valence-electron chi connectivity index (χ1n) is 5.94. The number of thiocarbonyl (C=S) groups is 1. The molecule has 2 nitrogen and oxygen atoms in total. The van der Waals surface area contributed by atoms with Crippen LogP contribution in [-0.2, 0) is 0 Å². The summed E-state index contributed by atoms with van der Waals surface area (Å²) in [7, 11) is 0. The summed E-state index contributed by atoms with van der Waals surface area (Å²) < 4.78 is 0. The first kappa shape index (κ1) is 12.3. The predicted octanol–water partition coefficient (Wildman–Crippen LogP) is 3.93. The first-order valence-corrected chi connectivity index (χ1v) is 6.73. The number of hydrogen-bond donors (Lipinski definition) is 1. The Morgan fingerprint density at radius 3 is 2.47 bits per heavy atom. The van der Waals surface area contributed by atoms with Crippen molar-refractivity contribution in [3.05, 3.63) is 64.7 Å². The zero-order valence-electron chi connectivity index (χ0n) is 10.1. The largest absolute Gasteiger partial charge is 0.348 e. The highest BCUT2D eigenvalue weighted by Crippen LogP contribution is 2.26. The molecule has 0 fully saturated rings. The second-order valence-electron chi connectivity index (χ2n) is 4.24. The van der Waals surface area contributed by atoms with Crippen LogP contribution in [0.2, 0.25) is 5.02 Å². The van der Waals surface area contributed by atoms with Gasteiger partial charge in [0.25, 0.3) is 0 Å². The van der Waals surface area contributed by atoms with Gasteiger partial charge in [0, 0.05) is 21.8 Å². The van der Waals surface area contributed by atoms with Crippen molar-refractivity contribution in [1.29, 1.82) is 0 Å². The van der Waals surface area contributed by atoms with Crippen molar-refractivity contribution < 1.29 is 0 Å². The van der Waals surface area contributed by atoms with Crippen LogP contribution in [0, 0.1) is 0 Å². The lowest BCUT2D eigenvalue weighted by atomic mass is 10.0. The quantitative estimate of drug-likeness (QED) is 0.803. The molecule has 0 aromatic heterocycles. The number of para-hydroxylation sites is 1. The summed E-state index contributed by atoms with van der Waals surface area (Å²) in [6.07, 6.45) is 0. The Morgan fingerprint density at radius 2 is 1.68 bits per heavy atom. The molecule has 0 amide bonds. The highest BCUT2D eigenvalue weighted by Gasteiger charge is 2.17. The fourth-order valence-corrected chi connectivity index (χ4v) is 2.51. The Hall–Kier alpha value is -1.71. The Morgan fingerprint density at radius 1 is 1.00 bits per heavy atom. The summed E-state index contributed by atoms with van der Waals surface area (Å²) in [5.41, 5.74) is 3.82. The van der Waals surface area contributed by atoms with Crippen molar-refractivity contribution in [2.75, 3.05) is 11.9 Å². The maximum atomic E-state index is 6.28. The summed E-state index contributed by atoms with van der Waals surface area (Å²) >= 11 is 11.5. The lowest BCUT2D eigenvalue weighted by Gasteiger charge is -2.11. The minimum Gasteiger partial charge on any atom is -0.348 e. The predicted molar refractivity (Wildman–Crippen MR) is 84.6 cm³/mol. The van der Waals surface area contributed by atoms with E-state index < -0.39 is 0 Å². The second kappa shape index (κ2) is 5.11. The molecule has 19 heavy (non-hydrogen) atoms. The molecule has 94 valence electrons. The number of anilines is 1. The van der Waals surface area contributed by atoms with E-state index in [0.717, 1.165) is 27.5 Å². The van der Waals surface area contributed by atoms with E-state index >= 15 is 0 Å². The van der Waals surface area contributed by atoms with E-state index in [0.29, 0.717) is 11.6 Å². The van der Waals surface area contributed by atoms with E-state index in [9.17, 15) is 0 Å². The zero-order valence-corrected chi connectivity index (χ0v) is 11.6. The number of benzodiazepines with no additional fused rings is 1. The number of aliphatic imine (C=N–C) groups is 1. The normalized spacial score (nSPS) is 14.2. The van der Waals surface area contributed by atoms with Gasteiger partial charge in [-0.25, -0.2) is 0 Å². The van der Waals surface area contributed by atoms with Crippen molar-refractivity contribution in [1.82, 2.24) is 0 Å². The van der Waals surface area contributed by atoms with Crippen LogP contribution >= 0.6 is 23.8 Å². The molecule has 0 aliphatic carbocycles. The molecule has 0 saturated carbocycles. The number of benzene rings is 2. The minimum absolute atomic E-state index is 0.477. The van der Waals surface area contributed by atoms with Crippen LogP contribution in [-0.4, -0.2) is 17.2 Å². The van der Waals surface area contributed by atoms with Gasteiger partial charge in [-0.1, -0.05) is 60.2 Å². The van der Waals surface area contributed by atoms with Crippen LogP contribution in [0.3, 0.4) is 0 Å². The summed E-state index contributed by atoms with van der Waals surface area (Å²) in [4.78, 5) is 5.32. The van der Waals surface area contributed by atoms with E-state index in [1.54, 1.807) is 0 Å². The average molecular weight is 287 g/mol. The number of fused-ring (bicyclic) bond motifs is 1. The van der Waals surface area contributed by atoms with Crippen LogP contribution < -0.4 is 5.32 Å². The van der Waals surface area contributed by atoms with Crippen LogP contribution in [0.4, 0.5) is 5.69 Å². The van der Waals surface area contributed by atoms with Crippen molar-refractivity contribution in [2.45, 2.75) is 0 Å². The van der Waals surface area contributed by atoms with Crippen LogP contribution in [0.25, 0.3) is 0 Å². The molecule has 0 atom stereocenters. The van der Waals surface area contributed by atoms with Gasteiger partial charge in [-0.3, -0.25) is 4.99 Å². The maximum Gasteiger partial charge on any atom is 0.102 e. The first-order chi connectivity index (χ1) is 9.25. The van der Waals surface area contributed by atoms with E-state index in [1.165, 1.54) is 0 Å². The van der Waals surface area contributed by atoms with Gasteiger partial charge < -0.3 is 5.32 Å². The summed E-state index contributed by atoms with van der Waals surface area (Å²) in [6.45, 7) is 0.477. The monoisotopic (exact) mass is 286 g/mol. The topological polar surface area (TPSA) is 24.4 Å². The highest BCUT2D eigenvalue weighted by atomic mass is 35.5. The number of nitrogens with zero attached hydrogens (tertiary/aromatic N) is 1. The third-order valence-corrected chi connectivity index (χ3v) is 3.53. The summed E-state index contributed by atoms with van der Waals surface area (Å²) in [6, 6.07) is 15.7. The highest BCUT2D eigenvalue weighted by molar-refractivity contribution is 7.80. The number of rotatable bonds is 1. The van der Waals surface area contributed by atoms with Crippen molar-refractivity contribution in [3.63, 3.8) is 0 Å². The van der Waals surface area contributed by atoms with Gasteiger partial charge in [0.2, 0.25) is 0 Å². The Balaban J connectivity index is 2.21. The van der Waals surface area contributed by atoms with Crippen LogP contribution in [0.1, 0.15) is 11.1 Å². The molecule has 1 aliphatic rings. The van der Waals surface area contributed by atoms with Gasteiger partial charge >= 0.3 is 0 Å². The number of hydrogen-bond acceptors (Lipinski definition) is 2. The molecule has 0 unspecified atom stereocenters. The molecule has 4 heteroatoms. The van der Waals surface area contributed by atoms with Gasteiger partial charge in [0.05, 0.1) is 12.3 Å². The molecule has 0 radical (unpaired) electrons. The molecule has 2 aromatic carbocycles. The van der Waals surface area contributed by atoms with E-state index in [-0.39, 0.29) is 0 Å². The standard InChI is InChI=1S/C15H11ClN2S/c16-12-7-3-1-5-10(12)15-11-6-2-4-8-13(11)18-14(19)9-17-15/h1-8H,9H2,(H,18,19). The maximum absolute atomic E-state index is 6.28. The van der Waals surface area contributed by atoms with E-state index in [2.05, 4.69) is 10.3 Å². The Kier molecular flexibility index (Phi) is 3.32.